The molecule has 3 nitrogen and oxygen atoms in total. The second-order valence-corrected chi connectivity index (χ2v) is 6.24. The Kier molecular flexibility index (Phi) is 7.16. The quantitative estimate of drug-likeness (QED) is 0.817. The number of carbonyl (C=O) groups excluding carboxylic acids is 1. The SMILES string of the molecule is Cl.NCC1(C(=O)NCCC2CCCCC2)CCCC1. The van der Waals surface area contributed by atoms with Crippen LogP contribution in [-0.2, 0) is 4.79 Å². The number of hydrogen-bond donors (Lipinski definition) is 2. The Hall–Kier alpha value is -0.280. The van der Waals surface area contributed by atoms with Crippen LogP contribution in [-0.4, -0.2) is 19.0 Å². The van der Waals surface area contributed by atoms with Gasteiger partial charge in [-0.2, -0.15) is 0 Å². The van der Waals surface area contributed by atoms with Gasteiger partial charge in [0.15, 0.2) is 0 Å². The molecule has 0 bridgehead atoms. The maximum atomic E-state index is 12.2. The maximum Gasteiger partial charge on any atom is 0.227 e. The van der Waals surface area contributed by atoms with Crippen LogP contribution in [0.2, 0.25) is 0 Å². The van der Waals surface area contributed by atoms with Gasteiger partial charge in [-0.3, -0.25) is 4.79 Å². The van der Waals surface area contributed by atoms with Crippen LogP contribution >= 0.6 is 12.4 Å². The molecule has 2 rings (SSSR count). The van der Waals surface area contributed by atoms with Gasteiger partial charge in [0.2, 0.25) is 5.91 Å². The third-order valence-corrected chi connectivity index (χ3v) is 5.00. The Balaban J connectivity index is 0.00000180. The van der Waals surface area contributed by atoms with Crippen LogP contribution in [0.3, 0.4) is 0 Å². The maximum absolute atomic E-state index is 12.2. The van der Waals surface area contributed by atoms with Crippen molar-refractivity contribution in [3.05, 3.63) is 0 Å². The molecule has 2 saturated carbocycles. The summed E-state index contributed by atoms with van der Waals surface area (Å²) in [5.74, 6) is 1.06. The highest BCUT2D eigenvalue weighted by molar-refractivity contribution is 5.85. The molecule has 0 aromatic heterocycles. The van der Waals surface area contributed by atoms with Gasteiger partial charge in [-0.25, -0.2) is 0 Å². The predicted molar refractivity (Wildman–Crippen MR) is 81.4 cm³/mol. The summed E-state index contributed by atoms with van der Waals surface area (Å²) in [6.07, 6.45) is 12.3. The minimum atomic E-state index is -0.230. The molecule has 1 amide bonds. The second-order valence-electron chi connectivity index (χ2n) is 6.24. The highest BCUT2D eigenvalue weighted by atomic mass is 35.5. The van der Waals surface area contributed by atoms with Gasteiger partial charge >= 0.3 is 0 Å². The fraction of sp³-hybridized carbons (Fsp3) is 0.933. The third kappa shape index (κ3) is 4.35. The summed E-state index contributed by atoms with van der Waals surface area (Å²) in [5, 5.41) is 3.14. The summed E-state index contributed by atoms with van der Waals surface area (Å²) >= 11 is 0. The lowest BCUT2D eigenvalue weighted by Crippen LogP contribution is -2.44. The molecule has 0 unspecified atom stereocenters. The van der Waals surface area contributed by atoms with Gasteiger partial charge in [0.25, 0.3) is 0 Å². The Morgan fingerprint density at radius 2 is 1.74 bits per heavy atom. The van der Waals surface area contributed by atoms with Gasteiger partial charge in [-0.15, -0.1) is 12.4 Å². The highest BCUT2D eigenvalue weighted by Crippen LogP contribution is 2.37. The van der Waals surface area contributed by atoms with E-state index in [2.05, 4.69) is 5.32 Å². The van der Waals surface area contributed by atoms with Crippen molar-refractivity contribution in [3.8, 4) is 0 Å². The van der Waals surface area contributed by atoms with Gasteiger partial charge < -0.3 is 11.1 Å². The van der Waals surface area contributed by atoms with E-state index in [1.54, 1.807) is 0 Å². The number of rotatable bonds is 5. The number of halogens is 1. The first kappa shape index (κ1) is 16.8. The summed E-state index contributed by atoms with van der Waals surface area (Å²) in [6, 6.07) is 0. The molecule has 4 heteroatoms. The van der Waals surface area contributed by atoms with Gasteiger partial charge in [-0.1, -0.05) is 44.9 Å². The molecule has 3 N–H and O–H groups in total. The summed E-state index contributed by atoms with van der Waals surface area (Å²) < 4.78 is 0. The fourth-order valence-corrected chi connectivity index (χ4v) is 3.63. The predicted octanol–water partition coefficient (Wildman–Crippen LogP) is 3.01. The zero-order valence-corrected chi connectivity index (χ0v) is 12.8. The van der Waals surface area contributed by atoms with Crippen molar-refractivity contribution in [3.63, 3.8) is 0 Å². The Labute approximate surface area is 123 Å². The lowest BCUT2D eigenvalue weighted by molar-refractivity contribution is -0.130. The average molecular weight is 289 g/mol. The monoisotopic (exact) mass is 288 g/mol. The van der Waals surface area contributed by atoms with Gasteiger partial charge in [0, 0.05) is 13.1 Å². The number of amides is 1. The largest absolute Gasteiger partial charge is 0.356 e. The zero-order valence-electron chi connectivity index (χ0n) is 12.0. The van der Waals surface area contributed by atoms with E-state index in [1.807, 2.05) is 0 Å². The van der Waals surface area contributed by atoms with Gasteiger partial charge in [-0.05, 0) is 25.2 Å². The minimum Gasteiger partial charge on any atom is -0.356 e. The normalized spacial score (nSPS) is 22.8. The number of nitrogens with two attached hydrogens (primary N) is 1. The van der Waals surface area contributed by atoms with Crippen LogP contribution < -0.4 is 11.1 Å². The van der Waals surface area contributed by atoms with E-state index in [1.165, 1.54) is 32.1 Å². The molecule has 0 aromatic carbocycles. The molecule has 0 atom stereocenters. The molecular weight excluding hydrogens is 260 g/mol. The van der Waals surface area contributed by atoms with Crippen LogP contribution in [0.1, 0.15) is 64.2 Å². The van der Waals surface area contributed by atoms with E-state index >= 15 is 0 Å². The van der Waals surface area contributed by atoms with Gasteiger partial charge in [0.05, 0.1) is 5.41 Å². The van der Waals surface area contributed by atoms with E-state index in [0.717, 1.165) is 44.6 Å². The molecule has 2 aliphatic carbocycles. The molecule has 0 aliphatic heterocycles. The van der Waals surface area contributed by atoms with Crippen molar-refractivity contribution < 1.29 is 4.79 Å². The Bertz CT molecular complexity index is 271. The summed E-state index contributed by atoms with van der Waals surface area (Å²) in [5.41, 5.74) is 5.59. The molecule has 0 radical (unpaired) electrons. The molecule has 0 spiro atoms. The number of nitrogens with one attached hydrogen (secondary N) is 1. The molecular formula is C15H29ClN2O. The minimum absolute atomic E-state index is 0. The lowest BCUT2D eigenvalue weighted by Gasteiger charge is -2.27. The molecule has 0 heterocycles. The number of carbonyl (C=O) groups is 1. The molecule has 19 heavy (non-hydrogen) atoms. The van der Waals surface area contributed by atoms with E-state index in [4.69, 9.17) is 5.73 Å². The highest BCUT2D eigenvalue weighted by Gasteiger charge is 2.39. The van der Waals surface area contributed by atoms with Crippen LogP contribution in [0.4, 0.5) is 0 Å². The van der Waals surface area contributed by atoms with E-state index in [9.17, 15) is 4.79 Å². The first-order chi connectivity index (χ1) is 8.77. The van der Waals surface area contributed by atoms with Crippen LogP contribution in [0.15, 0.2) is 0 Å². The van der Waals surface area contributed by atoms with Crippen LogP contribution in [0.5, 0.6) is 0 Å². The van der Waals surface area contributed by atoms with Crippen LogP contribution in [0, 0.1) is 11.3 Å². The molecule has 2 fully saturated rings. The van der Waals surface area contributed by atoms with E-state index < -0.39 is 0 Å². The third-order valence-electron chi connectivity index (χ3n) is 5.00. The van der Waals surface area contributed by atoms with E-state index in [0.29, 0.717) is 6.54 Å². The first-order valence-corrected chi connectivity index (χ1v) is 7.75. The van der Waals surface area contributed by atoms with Crippen molar-refractivity contribution in [2.24, 2.45) is 17.1 Å². The summed E-state index contributed by atoms with van der Waals surface area (Å²) in [6.45, 7) is 1.37. The molecule has 2 aliphatic rings. The zero-order chi connectivity index (χ0) is 12.8. The van der Waals surface area contributed by atoms with Crippen molar-refractivity contribution >= 4 is 18.3 Å². The van der Waals surface area contributed by atoms with Crippen LogP contribution in [0.25, 0.3) is 0 Å². The first-order valence-electron chi connectivity index (χ1n) is 7.75. The molecule has 0 saturated heterocycles. The lowest BCUT2D eigenvalue weighted by atomic mass is 9.84. The smallest absolute Gasteiger partial charge is 0.227 e. The standard InChI is InChI=1S/C15H28N2O.ClH/c16-12-15(9-4-5-10-15)14(18)17-11-8-13-6-2-1-3-7-13;/h13H,1-12,16H2,(H,17,18);1H. The van der Waals surface area contributed by atoms with Crippen molar-refractivity contribution in [1.82, 2.24) is 5.32 Å². The molecule has 0 aromatic rings. The second kappa shape index (κ2) is 8.11. The van der Waals surface area contributed by atoms with Gasteiger partial charge in [0.1, 0.15) is 0 Å². The van der Waals surface area contributed by atoms with E-state index in [-0.39, 0.29) is 23.7 Å². The average Bonchev–Trinajstić information content (AvgIpc) is 2.90. The number of hydrogen-bond acceptors (Lipinski definition) is 2. The van der Waals surface area contributed by atoms with Crippen molar-refractivity contribution in [1.29, 1.82) is 0 Å². The van der Waals surface area contributed by atoms with Crippen molar-refractivity contribution in [2.45, 2.75) is 64.2 Å². The Morgan fingerprint density at radius 3 is 2.32 bits per heavy atom. The fourth-order valence-electron chi connectivity index (χ4n) is 3.63. The Morgan fingerprint density at radius 1 is 1.11 bits per heavy atom. The van der Waals surface area contributed by atoms with Crippen molar-refractivity contribution in [2.75, 3.05) is 13.1 Å². The summed E-state index contributed by atoms with van der Waals surface area (Å²) in [7, 11) is 0. The summed E-state index contributed by atoms with van der Waals surface area (Å²) in [4.78, 5) is 12.2. The topological polar surface area (TPSA) is 55.1 Å². The molecule has 112 valence electrons.